The SMILES string of the molecule is COc1ccc(COn2nc(C(F)(F)F)cc2CNC(=O)Cc2cccc(F)c2)cc1. The standard InChI is InChI=1S/C21H19F4N3O3/c1-30-18-7-5-14(6-8-18)13-31-28-17(11-19(27-28)21(23,24)25)12-26-20(29)10-15-3-2-4-16(22)9-15/h2-9,11H,10,12-13H2,1H3,(H,26,29). The van der Waals surface area contributed by atoms with E-state index in [1.54, 1.807) is 30.3 Å². The van der Waals surface area contributed by atoms with Crippen molar-refractivity contribution < 1.29 is 31.9 Å². The number of alkyl halides is 3. The lowest BCUT2D eigenvalue weighted by Crippen LogP contribution is -2.27. The summed E-state index contributed by atoms with van der Waals surface area (Å²) in [4.78, 5) is 18.3. The smallest absolute Gasteiger partial charge is 0.435 e. The van der Waals surface area contributed by atoms with Crippen LogP contribution >= 0.6 is 0 Å². The third-order valence-electron chi connectivity index (χ3n) is 4.27. The minimum atomic E-state index is -4.67. The van der Waals surface area contributed by atoms with Gasteiger partial charge in [-0.15, -0.1) is 9.94 Å². The summed E-state index contributed by atoms with van der Waals surface area (Å²) in [6, 6.07) is 13.1. The normalized spacial score (nSPS) is 11.3. The van der Waals surface area contributed by atoms with Crippen LogP contribution in [-0.4, -0.2) is 23.0 Å². The fourth-order valence-corrected chi connectivity index (χ4v) is 2.71. The van der Waals surface area contributed by atoms with Crippen LogP contribution in [0.3, 0.4) is 0 Å². The molecule has 31 heavy (non-hydrogen) atoms. The number of ether oxygens (including phenoxy) is 1. The maximum atomic E-state index is 13.2. The number of nitrogens with zero attached hydrogens (tertiary/aromatic N) is 2. The summed E-state index contributed by atoms with van der Waals surface area (Å²) >= 11 is 0. The molecule has 1 aromatic heterocycles. The minimum Gasteiger partial charge on any atom is -0.497 e. The fourth-order valence-electron chi connectivity index (χ4n) is 2.71. The molecule has 0 aliphatic carbocycles. The molecule has 6 nitrogen and oxygen atoms in total. The summed E-state index contributed by atoms with van der Waals surface area (Å²) in [7, 11) is 1.52. The number of halogens is 4. The third-order valence-corrected chi connectivity index (χ3v) is 4.27. The van der Waals surface area contributed by atoms with Crippen molar-refractivity contribution in [2.75, 3.05) is 7.11 Å². The van der Waals surface area contributed by atoms with Crippen LogP contribution in [0.2, 0.25) is 0 Å². The summed E-state index contributed by atoms with van der Waals surface area (Å²) in [5.41, 5.74) is -0.00580. The highest BCUT2D eigenvalue weighted by molar-refractivity contribution is 5.78. The van der Waals surface area contributed by atoms with Crippen LogP contribution in [0.25, 0.3) is 0 Å². The molecule has 10 heteroatoms. The average Bonchev–Trinajstić information content (AvgIpc) is 3.15. The summed E-state index contributed by atoms with van der Waals surface area (Å²) in [6.07, 6.45) is -4.79. The molecule has 0 unspecified atom stereocenters. The van der Waals surface area contributed by atoms with Gasteiger partial charge in [0.05, 0.1) is 25.8 Å². The first-order valence-corrected chi connectivity index (χ1v) is 9.18. The molecule has 3 rings (SSSR count). The maximum Gasteiger partial charge on any atom is 0.435 e. The number of nitrogens with one attached hydrogen (secondary N) is 1. The van der Waals surface area contributed by atoms with E-state index in [2.05, 4.69) is 10.4 Å². The largest absolute Gasteiger partial charge is 0.497 e. The summed E-state index contributed by atoms with van der Waals surface area (Å²) in [5.74, 6) is -0.337. The lowest BCUT2D eigenvalue weighted by Gasteiger charge is -2.10. The van der Waals surface area contributed by atoms with E-state index in [-0.39, 0.29) is 25.3 Å². The Balaban J connectivity index is 1.67. The number of carbonyl (C=O) groups excluding carboxylic acids is 1. The topological polar surface area (TPSA) is 65.4 Å². The number of benzene rings is 2. The second-order valence-corrected chi connectivity index (χ2v) is 6.60. The molecule has 3 aromatic rings. The van der Waals surface area contributed by atoms with E-state index < -0.39 is 23.6 Å². The molecule has 0 radical (unpaired) electrons. The molecule has 1 heterocycles. The summed E-state index contributed by atoms with van der Waals surface area (Å²) < 4.78 is 57.5. The molecule has 0 saturated heterocycles. The molecule has 2 aromatic carbocycles. The van der Waals surface area contributed by atoms with E-state index in [0.29, 0.717) is 16.9 Å². The number of methoxy groups -OCH3 is 1. The van der Waals surface area contributed by atoms with Gasteiger partial charge in [0.1, 0.15) is 18.2 Å². The zero-order chi connectivity index (χ0) is 22.4. The van der Waals surface area contributed by atoms with Gasteiger partial charge >= 0.3 is 6.18 Å². The van der Waals surface area contributed by atoms with Gasteiger partial charge in [-0.1, -0.05) is 24.3 Å². The first-order valence-electron chi connectivity index (χ1n) is 9.18. The lowest BCUT2D eigenvalue weighted by molar-refractivity contribution is -0.142. The molecule has 0 bridgehead atoms. The van der Waals surface area contributed by atoms with Crippen molar-refractivity contribution in [3.8, 4) is 5.75 Å². The molecule has 0 fully saturated rings. The van der Waals surface area contributed by atoms with Crippen LogP contribution in [0.4, 0.5) is 17.6 Å². The Labute approximate surface area is 175 Å². The number of rotatable bonds is 8. The number of carbonyl (C=O) groups is 1. The Bertz CT molecular complexity index is 1030. The Kier molecular flexibility index (Phi) is 6.78. The van der Waals surface area contributed by atoms with Gasteiger partial charge in [0.15, 0.2) is 5.69 Å². The predicted molar refractivity (Wildman–Crippen MR) is 102 cm³/mol. The molecule has 1 N–H and O–H groups in total. The van der Waals surface area contributed by atoms with Crippen LogP contribution in [0, 0.1) is 5.82 Å². The van der Waals surface area contributed by atoms with E-state index in [9.17, 15) is 22.4 Å². The highest BCUT2D eigenvalue weighted by atomic mass is 19.4. The average molecular weight is 437 g/mol. The number of hydrogen-bond acceptors (Lipinski definition) is 4. The van der Waals surface area contributed by atoms with E-state index in [1.807, 2.05) is 0 Å². The summed E-state index contributed by atoms with van der Waals surface area (Å²) in [6.45, 7) is -0.299. The van der Waals surface area contributed by atoms with E-state index >= 15 is 0 Å². The zero-order valence-electron chi connectivity index (χ0n) is 16.4. The summed E-state index contributed by atoms with van der Waals surface area (Å²) in [5, 5.41) is 5.95. The molecule has 0 aliphatic rings. The Morgan fingerprint density at radius 3 is 2.48 bits per heavy atom. The fraction of sp³-hybridized carbons (Fsp3) is 0.238. The lowest BCUT2D eigenvalue weighted by atomic mass is 10.1. The van der Waals surface area contributed by atoms with Gasteiger partial charge < -0.3 is 14.9 Å². The highest BCUT2D eigenvalue weighted by Gasteiger charge is 2.35. The predicted octanol–water partition coefficient (Wildman–Crippen LogP) is 3.54. The quantitative estimate of drug-likeness (QED) is 0.548. The number of aromatic nitrogens is 2. The van der Waals surface area contributed by atoms with Gasteiger partial charge in [-0.05, 0) is 41.5 Å². The van der Waals surface area contributed by atoms with Gasteiger partial charge in [-0.3, -0.25) is 4.79 Å². The van der Waals surface area contributed by atoms with Crippen molar-refractivity contribution in [1.29, 1.82) is 0 Å². The number of amides is 1. The van der Waals surface area contributed by atoms with Crippen molar-refractivity contribution in [3.05, 3.63) is 82.9 Å². The second kappa shape index (κ2) is 9.50. The number of hydrogen-bond donors (Lipinski definition) is 1. The first-order chi connectivity index (χ1) is 14.7. The van der Waals surface area contributed by atoms with Crippen molar-refractivity contribution in [2.24, 2.45) is 0 Å². The minimum absolute atomic E-state index is 0.00780. The van der Waals surface area contributed by atoms with Gasteiger partial charge in [0.2, 0.25) is 5.91 Å². The van der Waals surface area contributed by atoms with Crippen LogP contribution in [0.15, 0.2) is 54.6 Å². The van der Waals surface area contributed by atoms with Crippen LogP contribution in [0.1, 0.15) is 22.5 Å². The van der Waals surface area contributed by atoms with Crippen LogP contribution < -0.4 is 14.9 Å². The zero-order valence-corrected chi connectivity index (χ0v) is 16.4. The molecule has 0 saturated carbocycles. The van der Waals surface area contributed by atoms with Crippen molar-refractivity contribution in [3.63, 3.8) is 0 Å². The Morgan fingerprint density at radius 2 is 1.84 bits per heavy atom. The molecular weight excluding hydrogens is 418 g/mol. The van der Waals surface area contributed by atoms with Crippen LogP contribution in [0.5, 0.6) is 5.75 Å². The van der Waals surface area contributed by atoms with Gasteiger partial charge in [0.25, 0.3) is 0 Å². The maximum absolute atomic E-state index is 13.2. The Hall–Kier alpha value is -3.56. The van der Waals surface area contributed by atoms with Gasteiger partial charge in [-0.2, -0.15) is 13.2 Å². The van der Waals surface area contributed by atoms with E-state index in [0.717, 1.165) is 10.9 Å². The third kappa shape index (κ3) is 6.21. The molecule has 0 atom stereocenters. The molecule has 0 spiro atoms. The van der Waals surface area contributed by atoms with Crippen molar-refractivity contribution in [2.45, 2.75) is 25.7 Å². The molecule has 0 aliphatic heterocycles. The monoisotopic (exact) mass is 437 g/mol. The first kappa shape index (κ1) is 22.1. The molecular formula is C21H19F4N3O3. The molecule has 164 valence electrons. The van der Waals surface area contributed by atoms with Crippen molar-refractivity contribution >= 4 is 5.91 Å². The Morgan fingerprint density at radius 1 is 1.10 bits per heavy atom. The second-order valence-electron chi connectivity index (χ2n) is 6.60. The van der Waals surface area contributed by atoms with Gasteiger partial charge in [-0.25, -0.2) is 4.39 Å². The van der Waals surface area contributed by atoms with E-state index in [1.165, 1.54) is 25.3 Å². The highest BCUT2D eigenvalue weighted by Crippen LogP contribution is 2.28. The van der Waals surface area contributed by atoms with Crippen LogP contribution in [-0.2, 0) is 30.5 Å². The molecule has 1 amide bonds. The van der Waals surface area contributed by atoms with Gasteiger partial charge in [0, 0.05) is 0 Å². The van der Waals surface area contributed by atoms with E-state index in [4.69, 9.17) is 9.57 Å². The van der Waals surface area contributed by atoms with Crippen molar-refractivity contribution in [1.82, 2.24) is 15.3 Å².